The minimum absolute atomic E-state index is 0.125. The standard InChI is InChI=1S/C16H27NO2S/c1-5-6-7-8-20(18,19)12-16(17-4)15-10-13(2)9-14(3)11-15/h9-11,16-17H,5-8,12H2,1-4H3. The molecule has 1 unspecified atom stereocenters. The number of benzene rings is 1. The minimum atomic E-state index is -3.00. The van der Waals surface area contributed by atoms with Crippen LogP contribution < -0.4 is 5.32 Å². The van der Waals surface area contributed by atoms with E-state index in [1.807, 2.05) is 20.9 Å². The number of hydrogen-bond donors (Lipinski definition) is 1. The molecule has 4 heteroatoms. The molecular weight excluding hydrogens is 270 g/mol. The van der Waals surface area contributed by atoms with Crippen molar-refractivity contribution in [2.45, 2.75) is 46.1 Å². The molecule has 1 N–H and O–H groups in total. The van der Waals surface area contributed by atoms with Crippen molar-refractivity contribution >= 4 is 9.84 Å². The molecule has 1 atom stereocenters. The van der Waals surface area contributed by atoms with E-state index in [1.165, 1.54) is 11.1 Å². The van der Waals surface area contributed by atoms with Gasteiger partial charge in [-0.3, -0.25) is 0 Å². The highest BCUT2D eigenvalue weighted by Crippen LogP contribution is 2.19. The van der Waals surface area contributed by atoms with Crippen LogP contribution in [0.5, 0.6) is 0 Å². The molecule has 114 valence electrons. The Kier molecular flexibility index (Phi) is 6.69. The summed E-state index contributed by atoms with van der Waals surface area (Å²) < 4.78 is 24.4. The minimum Gasteiger partial charge on any atom is -0.312 e. The van der Waals surface area contributed by atoms with Gasteiger partial charge in [0, 0.05) is 6.04 Å². The molecule has 1 rings (SSSR count). The number of hydrogen-bond acceptors (Lipinski definition) is 3. The van der Waals surface area contributed by atoms with Gasteiger partial charge in [0.15, 0.2) is 9.84 Å². The number of sulfone groups is 1. The first-order chi connectivity index (χ1) is 9.38. The topological polar surface area (TPSA) is 46.2 Å². The zero-order valence-electron chi connectivity index (χ0n) is 13.1. The van der Waals surface area contributed by atoms with Crippen LogP contribution in [0.25, 0.3) is 0 Å². The fourth-order valence-electron chi connectivity index (χ4n) is 2.47. The van der Waals surface area contributed by atoms with Gasteiger partial charge in [0.25, 0.3) is 0 Å². The van der Waals surface area contributed by atoms with Crippen molar-refractivity contribution < 1.29 is 8.42 Å². The second-order valence-electron chi connectivity index (χ2n) is 5.58. The van der Waals surface area contributed by atoms with Crippen LogP contribution in [0.4, 0.5) is 0 Å². The molecule has 1 aromatic rings. The summed E-state index contributed by atoms with van der Waals surface area (Å²) in [6, 6.07) is 6.11. The fourth-order valence-corrected chi connectivity index (χ4v) is 4.14. The molecule has 0 radical (unpaired) electrons. The van der Waals surface area contributed by atoms with Crippen LogP contribution in [-0.4, -0.2) is 27.0 Å². The highest BCUT2D eigenvalue weighted by atomic mass is 32.2. The number of aryl methyl sites for hydroxylation is 2. The Bertz CT molecular complexity index is 503. The van der Waals surface area contributed by atoms with Gasteiger partial charge in [0.1, 0.15) is 0 Å². The third-order valence-corrected chi connectivity index (χ3v) is 5.23. The fraction of sp³-hybridized carbons (Fsp3) is 0.625. The number of rotatable bonds is 8. The molecule has 1 aromatic carbocycles. The van der Waals surface area contributed by atoms with Crippen LogP contribution in [0.2, 0.25) is 0 Å². The maximum absolute atomic E-state index is 12.2. The lowest BCUT2D eigenvalue weighted by atomic mass is 10.0. The lowest BCUT2D eigenvalue weighted by Gasteiger charge is -2.18. The van der Waals surface area contributed by atoms with Crippen LogP contribution in [0, 0.1) is 13.8 Å². The van der Waals surface area contributed by atoms with Crippen molar-refractivity contribution in [2.75, 3.05) is 18.6 Å². The molecule has 3 nitrogen and oxygen atoms in total. The Morgan fingerprint density at radius 3 is 2.20 bits per heavy atom. The molecule has 0 heterocycles. The lowest BCUT2D eigenvalue weighted by Crippen LogP contribution is -2.26. The van der Waals surface area contributed by atoms with Crippen molar-refractivity contribution in [2.24, 2.45) is 0 Å². The smallest absolute Gasteiger partial charge is 0.152 e. The molecule has 0 spiro atoms. The van der Waals surface area contributed by atoms with E-state index in [1.54, 1.807) is 0 Å². The Morgan fingerprint density at radius 1 is 1.10 bits per heavy atom. The summed E-state index contributed by atoms with van der Waals surface area (Å²) in [4.78, 5) is 0. The van der Waals surface area contributed by atoms with Crippen molar-refractivity contribution in [3.63, 3.8) is 0 Å². The molecule has 20 heavy (non-hydrogen) atoms. The van der Waals surface area contributed by atoms with Gasteiger partial charge >= 0.3 is 0 Å². The second-order valence-corrected chi connectivity index (χ2v) is 7.81. The summed E-state index contributed by atoms with van der Waals surface area (Å²) >= 11 is 0. The Labute approximate surface area is 123 Å². The molecule has 0 aliphatic carbocycles. The monoisotopic (exact) mass is 297 g/mol. The predicted molar refractivity (Wildman–Crippen MR) is 85.9 cm³/mol. The van der Waals surface area contributed by atoms with Crippen molar-refractivity contribution in [1.82, 2.24) is 5.32 Å². The molecule has 0 saturated carbocycles. The van der Waals surface area contributed by atoms with Gasteiger partial charge in [-0.1, -0.05) is 49.1 Å². The maximum atomic E-state index is 12.2. The van der Waals surface area contributed by atoms with Gasteiger partial charge in [-0.05, 0) is 32.9 Å². The maximum Gasteiger partial charge on any atom is 0.152 e. The summed E-state index contributed by atoms with van der Waals surface area (Å²) in [5.41, 5.74) is 3.40. The normalized spacial score (nSPS) is 13.4. The van der Waals surface area contributed by atoms with E-state index in [0.717, 1.165) is 24.8 Å². The van der Waals surface area contributed by atoms with Gasteiger partial charge in [0.2, 0.25) is 0 Å². The van der Waals surface area contributed by atoms with E-state index in [9.17, 15) is 8.42 Å². The molecular formula is C16H27NO2S. The Balaban J connectivity index is 2.80. The Hall–Kier alpha value is -0.870. The van der Waals surface area contributed by atoms with Gasteiger partial charge in [0.05, 0.1) is 11.5 Å². The molecule has 0 aromatic heterocycles. The highest BCUT2D eigenvalue weighted by molar-refractivity contribution is 7.91. The highest BCUT2D eigenvalue weighted by Gasteiger charge is 2.19. The lowest BCUT2D eigenvalue weighted by molar-refractivity contribution is 0.570. The van der Waals surface area contributed by atoms with E-state index in [4.69, 9.17) is 0 Å². The molecule has 0 saturated heterocycles. The van der Waals surface area contributed by atoms with Crippen LogP contribution in [0.15, 0.2) is 18.2 Å². The second kappa shape index (κ2) is 7.79. The van der Waals surface area contributed by atoms with Crippen LogP contribution in [-0.2, 0) is 9.84 Å². The quantitative estimate of drug-likeness (QED) is 0.750. The van der Waals surface area contributed by atoms with E-state index in [-0.39, 0.29) is 11.8 Å². The van der Waals surface area contributed by atoms with E-state index in [0.29, 0.717) is 5.75 Å². The van der Waals surface area contributed by atoms with E-state index < -0.39 is 9.84 Å². The van der Waals surface area contributed by atoms with E-state index in [2.05, 4.69) is 30.4 Å². The zero-order chi connectivity index (χ0) is 15.2. The first-order valence-corrected chi connectivity index (χ1v) is 9.16. The van der Waals surface area contributed by atoms with Crippen LogP contribution >= 0.6 is 0 Å². The van der Waals surface area contributed by atoms with Crippen LogP contribution in [0.3, 0.4) is 0 Å². The largest absolute Gasteiger partial charge is 0.312 e. The first-order valence-electron chi connectivity index (χ1n) is 7.34. The average molecular weight is 297 g/mol. The van der Waals surface area contributed by atoms with Crippen molar-refractivity contribution in [1.29, 1.82) is 0 Å². The number of nitrogens with one attached hydrogen (secondary N) is 1. The zero-order valence-corrected chi connectivity index (χ0v) is 13.9. The van der Waals surface area contributed by atoms with Crippen molar-refractivity contribution in [3.8, 4) is 0 Å². The first kappa shape index (κ1) is 17.2. The van der Waals surface area contributed by atoms with Crippen LogP contribution in [0.1, 0.15) is 48.9 Å². The molecule has 0 amide bonds. The Morgan fingerprint density at radius 2 is 1.70 bits per heavy atom. The van der Waals surface area contributed by atoms with Crippen molar-refractivity contribution in [3.05, 3.63) is 34.9 Å². The summed E-state index contributed by atoms with van der Waals surface area (Å²) in [6.45, 7) is 6.16. The SMILES string of the molecule is CCCCCS(=O)(=O)CC(NC)c1cc(C)cc(C)c1. The van der Waals surface area contributed by atoms with E-state index >= 15 is 0 Å². The summed E-state index contributed by atoms with van der Waals surface area (Å²) in [5, 5.41) is 3.14. The summed E-state index contributed by atoms with van der Waals surface area (Å²) in [5.74, 6) is 0.472. The third kappa shape index (κ3) is 5.63. The predicted octanol–water partition coefficient (Wildman–Crippen LogP) is 3.17. The van der Waals surface area contributed by atoms with Gasteiger partial charge < -0.3 is 5.32 Å². The molecule has 0 aliphatic rings. The third-order valence-electron chi connectivity index (χ3n) is 3.47. The summed E-state index contributed by atoms with van der Waals surface area (Å²) in [7, 11) is -1.18. The van der Waals surface area contributed by atoms with Gasteiger partial charge in [-0.25, -0.2) is 8.42 Å². The molecule has 0 bridgehead atoms. The number of unbranched alkanes of at least 4 members (excludes halogenated alkanes) is 2. The summed E-state index contributed by atoms with van der Waals surface area (Å²) in [6.07, 6.45) is 2.79. The molecule has 0 aliphatic heterocycles. The van der Waals surface area contributed by atoms with Gasteiger partial charge in [-0.2, -0.15) is 0 Å². The molecule has 0 fully saturated rings. The average Bonchev–Trinajstić information content (AvgIpc) is 2.35. The van der Waals surface area contributed by atoms with Gasteiger partial charge in [-0.15, -0.1) is 0 Å².